The van der Waals surface area contributed by atoms with E-state index in [0.717, 1.165) is 23.8 Å². The van der Waals surface area contributed by atoms with Crippen molar-refractivity contribution in [3.63, 3.8) is 0 Å². The molecule has 1 atom stereocenters. The first-order valence-electron chi connectivity index (χ1n) is 7.50. The van der Waals surface area contributed by atoms with Crippen LogP contribution < -0.4 is 10.6 Å². The van der Waals surface area contributed by atoms with Crippen LogP contribution in [0.3, 0.4) is 0 Å². The number of anilines is 1. The van der Waals surface area contributed by atoms with E-state index < -0.39 is 0 Å². The van der Waals surface area contributed by atoms with Gasteiger partial charge in [0.1, 0.15) is 5.82 Å². The fourth-order valence-corrected chi connectivity index (χ4v) is 2.80. The number of aromatic nitrogens is 2. The van der Waals surface area contributed by atoms with Gasteiger partial charge >= 0.3 is 0 Å². The van der Waals surface area contributed by atoms with Crippen molar-refractivity contribution in [1.29, 1.82) is 0 Å². The van der Waals surface area contributed by atoms with E-state index in [1.54, 1.807) is 0 Å². The molecule has 0 radical (unpaired) electrons. The summed E-state index contributed by atoms with van der Waals surface area (Å²) < 4.78 is 0. The second-order valence-electron chi connectivity index (χ2n) is 6.08. The van der Waals surface area contributed by atoms with Gasteiger partial charge in [0.05, 0.1) is 17.6 Å². The minimum absolute atomic E-state index is 0.334. The molecule has 0 spiro atoms. The highest BCUT2D eigenvalue weighted by Gasteiger charge is 2.23. The minimum Gasteiger partial charge on any atom is -0.370 e. The Morgan fingerprint density at radius 1 is 1.50 bits per heavy atom. The third-order valence-electron chi connectivity index (χ3n) is 4.14. The van der Waals surface area contributed by atoms with Gasteiger partial charge in [-0.1, -0.05) is 13.8 Å². The number of hydrogen-bond acceptors (Lipinski definition) is 5. The minimum atomic E-state index is 0.334. The second kappa shape index (κ2) is 6.50. The lowest BCUT2D eigenvalue weighted by Gasteiger charge is -2.28. The lowest BCUT2D eigenvalue weighted by molar-refractivity contribution is 0.314. The molecule has 112 valence electrons. The highest BCUT2D eigenvalue weighted by molar-refractivity contribution is 5.48. The summed E-state index contributed by atoms with van der Waals surface area (Å²) in [4.78, 5) is 13.8. The lowest BCUT2D eigenvalue weighted by Crippen LogP contribution is -2.37. The monoisotopic (exact) mass is 277 g/mol. The van der Waals surface area contributed by atoms with Gasteiger partial charge in [-0.3, -0.25) is 0 Å². The highest BCUT2D eigenvalue weighted by atomic mass is 15.2. The molecule has 0 amide bonds. The average molecular weight is 277 g/mol. The largest absolute Gasteiger partial charge is 0.370 e. The first kappa shape index (κ1) is 15.2. The van der Waals surface area contributed by atoms with Gasteiger partial charge in [-0.05, 0) is 26.4 Å². The Kier molecular flexibility index (Phi) is 4.94. The maximum atomic E-state index is 5.87. The van der Waals surface area contributed by atoms with Crippen LogP contribution in [0.4, 0.5) is 5.69 Å². The van der Waals surface area contributed by atoms with E-state index in [1.807, 2.05) is 6.20 Å². The molecule has 5 heteroatoms. The number of likely N-dealkylation sites (N-methyl/N-ethyl adjacent to an activating group) is 2. The van der Waals surface area contributed by atoms with Crippen molar-refractivity contribution in [2.24, 2.45) is 5.73 Å². The molecular formula is C15H27N5. The quantitative estimate of drug-likeness (QED) is 0.885. The summed E-state index contributed by atoms with van der Waals surface area (Å²) in [5.41, 5.74) is 7.88. The maximum Gasteiger partial charge on any atom is 0.131 e. The summed E-state index contributed by atoms with van der Waals surface area (Å²) in [5.74, 6) is 1.21. The molecule has 20 heavy (non-hydrogen) atoms. The van der Waals surface area contributed by atoms with Crippen molar-refractivity contribution in [3.8, 4) is 0 Å². The van der Waals surface area contributed by atoms with Crippen LogP contribution in [0.25, 0.3) is 0 Å². The molecule has 1 aromatic heterocycles. The number of nitrogens with zero attached hydrogens (tertiary/aromatic N) is 4. The third-order valence-corrected chi connectivity index (χ3v) is 4.14. The molecule has 1 aliphatic heterocycles. The zero-order valence-electron chi connectivity index (χ0n) is 13.1. The number of hydrogen-bond donors (Lipinski definition) is 1. The molecule has 0 saturated carbocycles. The summed E-state index contributed by atoms with van der Waals surface area (Å²) in [6, 6.07) is 0.621. The van der Waals surface area contributed by atoms with E-state index in [2.05, 4.69) is 47.7 Å². The van der Waals surface area contributed by atoms with Crippen LogP contribution in [0.2, 0.25) is 0 Å². The van der Waals surface area contributed by atoms with Gasteiger partial charge in [0, 0.05) is 32.1 Å². The number of likely N-dealkylation sites (tertiary alicyclic amines) is 1. The Labute approximate surface area is 122 Å². The van der Waals surface area contributed by atoms with Crippen LogP contribution in [-0.4, -0.2) is 48.1 Å². The smallest absolute Gasteiger partial charge is 0.131 e. The Bertz CT molecular complexity index is 446. The van der Waals surface area contributed by atoms with Crippen molar-refractivity contribution >= 4 is 5.69 Å². The molecule has 1 saturated heterocycles. The summed E-state index contributed by atoms with van der Waals surface area (Å²) >= 11 is 0. The van der Waals surface area contributed by atoms with Crippen LogP contribution in [-0.2, 0) is 6.54 Å². The Morgan fingerprint density at radius 3 is 2.80 bits per heavy atom. The van der Waals surface area contributed by atoms with Crippen LogP contribution in [0.1, 0.15) is 44.1 Å². The van der Waals surface area contributed by atoms with E-state index >= 15 is 0 Å². The van der Waals surface area contributed by atoms with E-state index in [-0.39, 0.29) is 0 Å². The molecule has 1 aromatic rings. The van der Waals surface area contributed by atoms with E-state index in [9.17, 15) is 0 Å². The van der Waals surface area contributed by atoms with Gasteiger partial charge in [0.2, 0.25) is 0 Å². The average Bonchev–Trinajstić information content (AvgIpc) is 2.83. The Balaban J connectivity index is 2.14. The summed E-state index contributed by atoms with van der Waals surface area (Å²) in [5, 5.41) is 0. The fraction of sp³-hybridized carbons (Fsp3) is 0.733. The summed E-state index contributed by atoms with van der Waals surface area (Å²) in [7, 11) is 4.31. The van der Waals surface area contributed by atoms with Crippen molar-refractivity contribution in [3.05, 3.63) is 17.7 Å². The molecule has 2 rings (SSSR count). The molecule has 0 aromatic carbocycles. The van der Waals surface area contributed by atoms with Gasteiger partial charge in [-0.2, -0.15) is 0 Å². The van der Waals surface area contributed by atoms with Gasteiger partial charge in [0.25, 0.3) is 0 Å². The number of nitrogens with two attached hydrogens (primary N) is 1. The third kappa shape index (κ3) is 3.27. The standard InChI is InChI=1S/C15H27N5/c1-11(2)15-17-9-14(13(8-16)18-15)20(4)10-12-6-5-7-19(12)3/h9,11-12H,5-8,10,16H2,1-4H3. The first-order valence-corrected chi connectivity index (χ1v) is 7.50. The zero-order valence-corrected chi connectivity index (χ0v) is 13.1. The molecule has 1 unspecified atom stereocenters. The molecule has 0 aliphatic carbocycles. The van der Waals surface area contributed by atoms with Crippen molar-refractivity contribution in [2.75, 3.05) is 32.1 Å². The maximum absolute atomic E-state index is 5.87. The van der Waals surface area contributed by atoms with Gasteiger partial charge < -0.3 is 15.5 Å². The lowest BCUT2D eigenvalue weighted by atomic mass is 10.2. The SMILES string of the molecule is CC(C)c1ncc(N(C)CC2CCCN2C)c(CN)n1. The summed E-state index contributed by atoms with van der Waals surface area (Å²) in [6.45, 7) is 6.88. The predicted octanol–water partition coefficient (Wildman–Crippen LogP) is 1.59. The van der Waals surface area contributed by atoms with Crippen molar-refractivity contribution in [1.82, 2.24) is 14.9 Å². The van der Waals surface area contributed by atoms with Crippen molar-refractivity contribution < 1.29 is 0 Å². The molecule has 1 aliphatic rings. The second-order valence-corrected chi connectivity index (χ2v) is 6.08. The molecule has 2 heterocycles. The first-order chi connectivity index (χ1) is 9.52. The molecule has 2 N–H and O–H groups in total. The van der Waals surface area contributed by atoms with Gasteiger partial charge in [0.15, 0.2) is 0 Å². The highest BCUT2D eigenvalue weighted by Crippen LogP contribution is 2.22. The van der Waals surface area contributed by atoms with Crippen LogP contribution in [0, 0.1) is 0 Å². The Hall–Kier alpha value is -1.20. The zero-order chi connectivity index (χ0) is 14.7. The molecule has 0 bridgehead atoms. The van der Waals surface area contributed by atoms with Crippen LogP contribution in [0.5, 0.6) is 0 Å². The van der Waals surface area contributed by atoms with Gasteiger partial charge in [-0.25, -0.2) is 9.97 Å². The molecule has 1 fully saturated rings. The fourth-order valence-electron chi connectivity index (χ4n) is 2.80. The topological polar surface area (TPSA) is 58.3 Å². The molecular weight excluding hydrogens is 250 g/mol. The van der Waals surface area contributed by atoms with Crippen molar-refractivity contribution in [2.45, 2.75) is 45.2 Å². The predicted molar refractivity (Wildman–Crippen MR) is 82.9 cm³/mol. The van der Waals surface area contributed by atoms with E-state index in [1.165, 1.54) is 19.4 Å². The van der Waals surface area contributed by atoms with Crippen LogP contribution in [0.15, 0.2) is 6.20 Å². The van der Waals surface area contributed by atoms with Crippen LogP contribution >= 0.6 is 0 Å². The normalized spacial score (nSPS) is 19.8. The van der Waals surface area contributed by atoms with Gasteiger partial charge in [-0.15, -0.1) is 0 Å². The summed E-state index contributed by atoms with van der Waals surface area (Å²) in [6.07, 6.45) is 4.49. The number of rotatable bonds is 5. The molecule has 5 nitrogen and oxygen atoms in total. The van der Waals surface area contributed by atoms with E-state index in [4.69, 9.17) is 5.73 Å². The van der Waals surface area contributed by atoms with E-state index in [0.29, 0.717) is 18.5 Å². The Morgan fingerprint density at radius 2 is 2.25 bits per heavy atom.